The maximum atomic E-state index is 13.3. The quantitative estimate of drug-likeness (QED) is 0.726. The van der Waals surface area contributed by atoms with Crippen LogP contribution < -0.4 is 5.43 Å². The zero-order valence-electron chi connectivity index (χ0n) is 9.85. The summed E-state index contributed by atoms with van der Waals surface area (Å²) in [6, 6.07) is 2.54. The topological polar surface area (TPSA) is 32.9 Å². The van der Waals surface area contributed by atoms with Crippen LogP contribution in [-0.4, -0.2) is 4.98 Å². The third-order valence-corrected chi connectivity index (χ3v) is 3.86. The molecule has 2 nitrogen and oxygen atoms in total. The molecule has 1 aromatic carbocycles. The Morgan fingerprint density at radius 2 is 1.94 bits per heavy atom. The predicted octanol–water partition coefficient (Wildman–Crippen LogP) is 3.59. The van der Waals surface area contributed by atoms with Crippen LogP contribution in [0, 0.1) is 5.82 Å². The third-order valence-electron chi connectivity index (χ3n) is 3.56. The first kappa shape index (κ1) is 11.7. The van der Waals surface area contributed by atoms with Gasteiger partial charge >= 0.3 is 0 Å². The lowest BCUT2D eigenvalue weighted by atomic mass is 10.0. The summed E-state index contributed by atoms with van der Waals surface area (Å²) in [5, 5.41) is 0.608. The Labute approximate surface area is 109 Å². The SMILES string of the molecule is O=c1c2c([nH]c3cc(F)cc(Cl)c13)CCCCC2. The van der Waals surface area contributed by atoms with Gasteiger partial charge in [-0.3, -0.25) is 4.79 Å². The molecule has 0 amide bonds. The van der Waals surface area contributed by atoms with Gasteiger partial charge in [0.2, 0.25) is 0 Å². The van der Waals surface area contributed by atoms with E-state index in [-0.39, 0.29) is 10.5 Å². The van der Waals surface area contributed by atoms with Crippen molar-refractivity contribution in [2.75, 3.05) is 0 Å². The molecule has 0 radical (unpaired) electrons. The van der Waals surface area contributed by atoms with E-state index < -0.39 is 5.82 Å². The number of H-pyrrole nitrogens is 1. The molecule has 0 unspecified atom stereocenters. The Bertz CT molecular complexity index is 678. The lowest BCUT2D eigenvalue weighted by molar-refractivity contribution is 0.629. The average molecular weight is 266 g/mol. The molecule has 1 aliphatic carbocycles. The first-order chi connectivity index (χ1) is 8.66. The van der Waals surface area contributed by atoms with Crippen molar-refractivity contribution in [3.8, 4) is 0 Å². The number of aromatic amines is 1. The minimum atomic E-state index is -0.420. The summed E-state index contributed by atoms with van der Waals surface area (Å²) < 4.78 is 13.3. The van der Waals surface area contributed by atoms with Gasteiger partial charge in [-0.1, -0.05) is 18.0 Å². The molecule has 0 saturated carbocycles. The van der Waals surface area contributed by atoms with E-state index in [9.17, 15) is 9.18 Å². The molecular weight excluding hydrogens is 253 g/mol. The van der Waals surface area contributed by atoms with Gasteiger partial charge in [0, 0.05) is 11.3 Å². The van der Waals surface area contributed by atoms with E-state index in [2.05, 4.69) is 4.98 Å². The zero-order valence-corrected chi connectivity index (χ0v) is 10.6. The molecule has 0 saturated heterocycles. The lowest BCUT2D eigenvalue weighted by Gasteiger charge is -2.09. The van der Waals surface area contributed by atoms with Crippen LogP contribution in [-0.2, 0) is 12.8 Å². The fourth-order valence-electron chi connectivity index (χ4n) is 2.69. The van der Waals surface area contributed by atoms with Gasteiger partial charge in [0.05, 0.1) is 15.9 Å². The van der Waals surface area contributed by atoms with Crippen LogP contribution in [0.3, 0.4) is 0 Å². The molecule has 0 bridgehead atoms. The molecular formula is C14H13ClFNO. The molecule has 94 valence electrons. The number of nitrogens with one attached hydrogen (secondary N) is 1. The van der Waals surface area contributed by atoms with Crippen molar-refractivity contribution in [1.29, 1.82) is 0 Å². The summed E-state index contributed by atoms with van der Waals surface area (Å²) in [6.07, 6.45) is 4.86. The largest absolute Gasteiger partial charge is 0.358 e. The Balaban J connectivity index is 2.38. The number of hydrogen-bond acceptors (Lipinski definition) is 1. The number of aryl methyl sites for hydroxylation is 1. The molecule has 1 heterocycles. The zero-order chi connectivity index (χ0) is 12.7. The minimum Gasteiger partial charge on any atom is -0.358 e. The number of hydrogen-bond donors (Lipinski definition) is 1. The predicted molar refractivity (Wildman–Crippen MR) is 70.8 cm³/mol. The van der Waals surface area contributed by atoms with Crippen molar-refractivity contribution in [1.82, 2.24) is 4.98 Å². The van der Waals surface area contributed by atoms with Crippen LogP contribution in [0.5, 0.6) is 0 Å². The van der Waals surface area contributed by atoms with Crippen molar-refractivity contribution < 1.29 is 4.39 Å². The highest BCUT2D eigenvalue weighted by molar-refractivity contribution is 6.35. The Morgan fingerprint density at radius 3 is 2.78 bits per heavy atom. The molecule has 18 heavy (non-hydrogen) atoms. The second kappa shape index (κ2) is 4.39. The normalized spacial score (nSPS) is 15.4. The van der Waals surface area contributed by atoms with Gasteiger partial charge < -0.3 is 4.98 Å². The molecule has 1 N–H and O–H groups in total. The van der Waals surface area contributed by atoms with Crippen molar-refractivity contribution in [3.63, 3.8) is 0 Å². The van der Waals surface area contributed by atoms with Gasteiger partial charge in [-0.15, -0.1) is 0 Å². The second-order valence-corrected chi connectivity index (χ2v) is 5.19. The number of aromatic nitrogens is 1. The minimum absolute atomic E-state index is 0.0364. The van der Waals surface area contributed by atoms with Gasteiger partial charge in [0.25, 0.3) is 0 Å². The van der Waals surface area contributed by atoms with E-state index in [1.165, 1.54) is 12.1 Å². The molecule has 1 aliphatic rings. The highest BCUT2D eigenvalue weighted by Crippen LogP contribution is 2.25. The molecule has 3 rings (SSSR count). The fraction of sp³-hybridized carbons (Fsp3) is 0.357. The van der Waals surface area contributed by atoms with Gasteiger partial charge in [0.15, 0.2) is 5.43 Å². The van der Waals surface area contributed by atoms with Gasteiger partial charge in [-0.25, -0.2) is 4.39 Å². The maximum absolute atomic E-state index is 13.3. The Kier molecular flexibility index (Phi) is 2.86. The van der Waals surface area contributed by atoms with Gasteiger partial charge in [-0.05, 0) is 37.8 Å². The molecule has 0 fully saturated rings. The number of rotatable bonds is 0. The molecule has 4 heteroatoms. The summed E-state index contributed by atoms with van der Waals surface area (Å²) in [4.78, 5) is 15.6. The number of benzene rings is 1. The van der Waals surface area contributed by atoms with E-state index in [0.717, 1.165) is 43.4 Å². The summed E-state index contributed by atoms with van der Waals surface area (Å²) in [5.74, 6) is -0.420. The maximum Gasteiger partial charge on any atom is 0.194 e. The third kappa shape index (κ3) is 1.83. The van der Waals surface area contributed by atoms with E-state index in [1.54, 1.807) is 0 Å². The first-order valence-corrected chi connectivity index (χ1v) is 6.57. The van der Waals surface area contributed by atoms with Crippen molar-refractivity contribution in [2.24, 2.45) is 0 Å². The lowest BCUT2D eigenvalue weighted by Crippen LogP contribution is -2.14. The smallest absolute Gasteiger partial charge is 0.194 e. The van der Waals surface area contributed by atoms with E-state index in [1.807, 2.05) is 0 Å². The van der Waals surface area contributed by atoms with Crippen molar-refractivity contribution in [2.45, 2.75) is 32.1 Å². The van der Waals surface area contributed by atoms with Crippen LogP contribution >= 0.6 is 11.6 Å². The number of pyridine rings is 1. The van der Waals surface area contributed by atoms with Crippen LogP contribution in [0.15, 0.2) is 16.9 Å². The monoisotopic (exact) mass is 265 g/mol. The van der Waals surface area contributed by atoms with E-state index in [4.69, 9.17) is 11.6 Å². The average Bonchev–Trinajstić information content (AvgIpc) is 2.53. The van der Waals surface area contributed by atoms with Crippen molar-refractivity contribution in [3.05, 3.63) is 44.5 Å². The molecule has 0 spiro atoms. The Hall–Kier alpha value is -1.35. The second-order valence-electron chi connectivity index (χ2n) is 4.78. The number of halogens is 2. The summed E-state index contributed by atoms with van der Waals surface area (Å²) in [7, 11) is 0. The van der Waals surface area contributed by atoms with Crippen LogP contribution in [0.2, 0.25) is 5.02 Å². The molecule has 0 aliphatic heterocycles. The molecule has 2 aromatic rings. The summed E-state index contributed by atoms with van der Waals surface area (Å²) in [5.41, 5.74) is 2.25. The molecule has 0 atom stereocenters. The molecule has 1 aromatic heterocycles. The van der Waals surface area contributed by atoms with Crippen molar-refractivity contribution >= 4 is 22.5 Å². The van der Waals surface area contributed by atoms with E-state index in [0.29, 0.717) is 10.9 Å². The Morgan fingerprint density at radius 1 is 1.17 bits per heavy atom. The summed E-state index contributed by atoms with van der Waals surface area (Å²) in [6.45, 7) is 0. The first-order valence-electron chi connectivity index (χ1n) is 6.19. The van der Waals surface area contributed by atoms with Crippen LogP contribution in [0.25, 0.3) is 10.9 Å². The number of fused-ring (bicyclic) bond motifs is 2. The fourth-order valence-corrected chi connectivity index (χ4v) is 2.98. The standard InChI is InChI=1S/C14H13ClFNO/c15-10-6-8(16)7-12-13(10)14(18)9-4-2-1-3-5-11(9)17-12/h6-7H,1-5H2,(H,17,18). The highest BCUT2D eigenvalue weighted by Gasteiger charge is 2.16. The van der Waals surface area contributed by atoms with Crippen LogP contribution in [0.4, 0.5) is 4.39 Å². The van der Waals surface area contributed by atoms with Gasteiger partial charge in [0.1, 0.15) is 5.82 Å². The van der Waals surface area contributed by atoms with Crippen LogP contribution in [0.1, 0.15) is 30.5 Å². The van der Waals surface area contributed by atoms with Gasteiger partial charge in [-0.2, -0.15) is 0 Å². The highest BCUT2D eigenvalue weighted by atomic mass is 35.5. The summed E-state index contributed by atoms with van der Waals surface area (Å²) >= 11 is 5.99. The van der Waals surface area contributed by atoms with E-state index >= 15 is 0 Å².